The lowest BCUT2D eigenvalue weighted by Crippen LogP contribution is -3.08. The molecule has 6 heteroatoms. The van der Waals surface area contributed by atoms with Gasteiger partial charge in [0.05, 0.1) is 12.6 Å². The molecule has 1 unspecified atom stereocenters. The van der Waals surface area contributed by atoms with Crippen LogP contribution in [0.15, 0.2) is 42.5 Å². The number of likely N-dealkylation sites (N-methyl/N-ethyl adjacent to an activating group) is 1. The van der Waals surface area contributed by atoms with E-state index in [1.54, 1.807) is 0 Å². The Kier molecular flexibility index (Phi) is 5.85. The van der Waals surface area contributed by atoms with Crippen LogP contribution in [0.5, 0.6) is 0 Å². The van der Waals surface area contributed by atoms with Crippen LogP contribution in [0.3, 0.4) is 0 Å². The molecule has 0 saturated carbocycles. The Morgan fingerprint density at radius 3 is 2.24 bits per heavy atom. The maximum absolute atomic E-state index is 12.6. The Balaban J connectivity index is 1.89. The molecule has 0 aliphatic carbocycles. The number of aryl methyl sites for hydroxylation is 2. The molecular formula is C19H22F3N2O+. The number of halogens is 3. The van der Waals surface area contributed by atoms with Crippen LogP contribution in [-0.2, 0) is 17.5 Å². The van der Waals surface area contributed by atoms with Gasteiger partial charge in [0.25, 0.3) is 5.91 Å². The number of amides is 1. The average molecular weight is 351 g/mol. The van der Waals surface area contributed by atoms with Gasteiger partial charge in [-0.05, 0) is 49.2 Å². The fraction of sp³-hybridized carbons (Fsp3) is 0.316. The Bertz CT molecular complexity index is 739. The highest BCUT2D eigenvalue weighted by Gasteiger charge is 2.30. The van der Waals surface area contributed by atoms with E-state index in [0.717, 1.165) is 39.4 Å². The molecule has 25 heavy (non-hydrogen) atoms. The molecule has 3 nitrogen and oxygen atoms in total. The first kappa shape index (κ1) is 19.0. The highest BCUT2D eigenvalue weighted by molar-refractivity contribution is 5.91. The van der Waals surface area contributed by atoms with Gasteiger partial charge in [-0.1, -0.05) is 18.2 Å². The molecule has 1 atom stereocenters. The van der Waals surface area contributed by atoms with Crippen LogP contribution in [0.4, 0.5) is 18.9 Å². The van der Waals surface area contributed by atoms with Crippen LogP contribution in [0.2, 0.25) is 0 Å². The van der Waals surface area contributed by atoms with Crippen molar-refractivity contribution in [3.8, 4) is 0 Å². The maximum atomic E-state index is 12.6. The summed E-state index contributed by atoms with van der Waals surface area (Å²) in [6.07, 6.45) is -4.33. The summed E-state index contributed by atoms with van der Waals surface area (Å²) in [5.41, 5.74) is 3.09. The molecule has 0 bridgehead atoms. The summed E-state index contributed by atoms with van der Waals surface area (Å²) in [5, 5.41) is 2.85. The van der Waals surface area contributed by atoms with Crippen molar-refractivity contribution in [3.63, 3.8) is 0 Å². The zero-order valence-corrected chi connectivity index (χ0v) is 14.5. The Hall–Kier alpha value is -2.34. The molecule has 2 aromatic carbocycles. The van der Waals surface area contributed by atoms with Gasteiger partial charge < -0.3 is 10.2 Å². The monoisotopic (exact) mass is 351 g/mol. The van der Waals surface area contributed by atoms with Crippen molar-refractivity contribution >= 4 is 11.6 Å². The fourth-order valence-electron chi connectivity index (χ4n) is 2.52. The average Bonchev–Trinajstić information content (AvgIpc) is 2.50. The van der Waals surface area contributed by atoms with Crippen molar-refractivity contribution in [1.82, 2.24) is 0 Å². The van der Waals surface area contributed by atoms with E-state index in [9.17, 15) is 18.0 Å². The molecule has 0 radical (unpaired) electrons. The number of alkyl halides is 3. The van der Waals surface area contributed by atoms with E-state index in [1.807, 2.05) is 39.1 Å². The zero-order valence-electron chi connectivity index (χ0n) is 14.5. The van der Waals surface area contributed by atoms with Crippen LogP contribution < -0.4 is 10.2 Å². The van der Waals surface area contributed by atoms with E-state index in [-0.39, 0.29) is 12.5 Å². The number of quaternary nitrogens is 1. The van der Waals surface area contributed by atoms with Gasteiger partial charge in [-0.3, -0.25) is 4.79 Å². The first-order chi connectivity index (χ1) is 11.6. The van der Waals surface area contributed by atoms with Crippen molar-refractivity contribution < 1.29 is 22.9 Å². The summed E-state index contributed by atoms with van der Waals surface area (Å²) < 4.78 is 37.7. The summed E-state index contributed by atoms with van der Waals surface area (Å²) in [6, 6.07) is 10.8. The second-order valence-electron chi connectivity index (χ2n) is 6.35. The zero-order chi connectivity index (χ0) is 18.6. The second-order valence-corrected chi connectivity index (χ2v) is 6.35. The minimum Gasteiger partial charge on any atom is -0.326 e. The van der Waals surface area contributed by atoms with Gasteiger partial charge in [-0.2, -0.15) is 13.2 Å². The van der Waals surface area contributed by atoms with Gasteiger partial charge in [0, 0.05) is 11.3 Å². The fourth-order valence-corrected chi connectivity index (χ4v) is 2.52. The Labute approximate surface area is 145 Å². The van der Waals surface area contributed by atoms with Crippen molar-refractivity contribution in [2.45, 2.75) is 26.6 Å². The second kappa shape index (κ2) is 7.70. The normalized spacial score (nSPS) is 12.7. The van der Waals surface area contributed by atoms with Crippen molar-refractivity contribution in [2.75, 3.05) is 18.9 Å². The van der Waals surface area contributed by atoms with E-state index < -0.39 is 11.7 Å². The van der Waals surface area contributed by atoms with Crippen molar-refractivity contribution in [2.24, 2.45) is 0 Å². The lowest BCUT2D eigenvalue weighted by Gasteiger charge is -2.15. The number of nitrogens with one attached hydrogen (secondary N) is 2. The smallest absolute Gasteiger partial charge is 0.326 e. The number of carbonyl (C=O) groups is 1. The molecule has 0 heterocycles. The number of rotatable bonds is 5. The van der Waals surface area contributed by atoms with Gasteiger partial charge in [0.2, 0.25) is 0 Å². The van der Waals surface area contributed by atoms with Gasteiger partial charge in [0.1, 0.15) is 6.54 Å². The van der Waals surface area contributed by atoms with E-state index >= 15 is 0 Å². The number of hydrogen-bond acceptors (Lipinski definition) is 1. The van der Waals surface area contributed by atoms with Crippen LogP contribution in [0.1, 0.15) is 22.3 Å². The van der Waals surface area contributed by atoms with E-state index in [2.05, 4.69) is 5.32 Å². The number of carbonyl (C=O) groups excluding carboxylic acids is 1. The van der Waals surface area contributed by atoms with Gasteiger partial charge in [0.15, 0.2) is 6.54 Å². The number of benzene rings is 2. The summed E-state index contributed by atoms with van der Waals surface area (Å²) in [6.45, 7) is 4.68. The van der Waals surface area contributed by atoms with Crippen LogP contribution in [0, 0.1) is 13.8 Å². The predicted molar refractivity (Wildman–Crippen MR) is 91.4 cm³/mol. The van der Waals surface area contributed by atoms with Gasteiger partial charge in [-0.15, -0.1) is 0 Å². The van der Waals surface area contributed by atoms with Gasteiger partial charge in [-0.25, -0.2) is 0 Å². The van der Waals surface area contributed by atoms with Crippen molar-refractivity contribution in [1.29, 1.82) is 0 Å². The molecule has 134 valence electrons. The lowest BCUT2D eigenvalue weighted by molar-refractivity contribution is -0.885. The summed E-state index contributed by atoms with van der Waals surface area (Å²) in [5.74, 6) is -0.132. The quantitative estimate of drug-likeness (QED) is 0.853. The Morgan fingerprint density at radius 1 is 1.04 bits per heavy atom. The van der Waals surface area contributed by atoms with E-state index in [0.29, 0.717) is 6.54 Å². The Morgan fingerprint density at radius 2 is 1.68 bits per heavy atom. The molecule has 0 fully saturated rings. The molecule has 0 aliphatic heterocycles. The highest BCUT2D eigenvalue weighted by atomic mass is 19.4. The number of hydrogen-bond donors (Lipinski definition) is 2. The van der Waals surface area contributed by atoms with Crippen LogP contribution in [-0.4, -0.2) is 19.5 Å². The third-order valence-electron chi connectivity index (χ3n) is 4.04. The van der Waals surface area contributed by atoms with E-state index in [1.165, 1.54) is 12.1 Å². The molecule has 0 spiro atoms. The molecule has 2 rings (SSSR count). The first-order valence-electron chi connectivity index (χ1n) is 7.99. The standard InChI is InChI=1S/C19H21F3N2O/c1-13-4-9-17(10-14(13)2)23-18(25)12-24(3)11-15-5-7-16(8-6-15)19(20,21)22/h4-10H,11-12H2,1-3H3,(H,23,25)/p+1. The van der Waals surface area contributed by atoms with Crippen LogP contribution in [0.25, 0.3) is 0 Å². The van der Waals surface area contributed by atoms with Crippen LogP contribution >= 0.6 is 0 Å². The molecule has 0 saturated heterocycles. The minimum absolute atomic E-state index is 0.132. The summed E-state index contributed by atoms with van der Waals surface area (Å²) >= 11 is 0. The largest absolute Gasteiger partial charge is 0.416 e. The first-order valence-corrected chi connectivity index (χ1v) is 7.99. The third-order valence-corrected chi connectivity index (χ3v) is 4.04. The molecule has 1 amide bonds. The maximum Gasteiger partial charge on any atom is 0.416 e. The number of anilines is 1. The molecule has 2 N–H and O–H groups in total. The summed E-state index contributed by atoms with van der Waals surface area (Å²) in [4.78, 5) is 13.0. The SMILES string of the molecule is Cc1ccc(NC(=O)C[NH+](C)Cc2ccc(C(F)(F)F)cc2)cc1C. The minimum atomic E-state index is -4.33. The third kappa shape index (κ3) is 5.60. The van der Waals surface area contributed by atoms with Crippen molar-refractivity contribution in [3.05, 3.63) is 64.7 Å². The molecule has 0 aromatic heterocycles. The highest BCUT2D eigenvalue weighted by Crippen LogP contribution is 2.28. The summed E-state index contributed by atoms with van der Waals surface area (Å²) in [7, 11) is 1.83. The topological polar surface area (TPSA) is 33.5 Å². The lowest BCUT2D eigenvalue weighted by atomic mass is 10.1. The molecule has 0 aliphatic rings. The molecular weight excluding hydrogens is 329 g/mol. The van der Waals surface area contributed by atoms with Gasteiger partial charge >= 0.3 is 6.18 Å². The molecule has 2 aromatic rings. The van der Waals surface area contributed by atoms with E-state index in [4.69, 9.17) is 0 Å². The predicted octanol–water partition coefficient (Wildman–Crippen LogP) is 2.98.